The number of carbonyl (C=O) groups is 1. The van der Waals surface area contributed by atoms with E-state index >= 15 is 0 Å². The van der Waals surface area contributed by atoms with Crippen LogP contribution in [0.25, 0.3) is 11.5 Å². The van der Waals surface area contributed by atoms with Crippen LogP contribution in [-0.2, 0) is 11.3 Å². The van der Waals surface area contributed by atoms with E-state index in [2.05, 4.69) is 10.2 Å². The molecule has 5 nitrogen and oxygen atoms in total. The zero-order chi connectivity index (χ0) is 20.8. The molecule has 152 valence electrons. The molecule has 1 heterocycles. The van der Waals surface area contributed by atoms with Crippen molar-refractivity contribution in [2.24, 2.45) is 0 Å². The smallest absolute Gasteiger partial charge is 0.249 e. The number of rotatable bonds is 8. The van der Waals surface area contributed by atoms with E-state index in [1.165, 1.54) is 0 Å². The van der Waals surface area contributed by atoms with Crippen molar-refractivity contribution in [2.45, 2.75) is 37.8 Å². The second-order valence-corrected chi connectivity index (χ2v) is 8.66. The van der Waals surface area contributed by atoms with E-state index in [4.69, 9.17) is 27.6 Å². The van der Waals surface area contributed by atoms with Crippen LogP contribution in [-0.4, -0.2) is 32.8 Å². The van der Waals surface area contributed by atoms with Gasteiger partial charge in [-0.3, -0.25) is 4.79 Å². The van der Waals surface area contributed by atoms with E-state index in [0.29, 0.717) is 39.6 Å². The van der Waals surface area contributed by atoms with Crippen LogP contribution >= 0.6 is 35.0 Å². The molecule has 3 aromatic rings. The Labute approximate surface area is 184 Å². The highest BCUT2D eigenvalue weighted by Gasteiger charge is 2.21. The van der Waals surface area contributed by atoms with Gasteiger partial charge in [-0.25, -0.2) is 0 Å². The third-order valence-electron chi connectivity index (χ3n) is 4.22. The summed E-state index contributed by atoms with van der Waals surface area (Å²) in [5.74, 6) is 1.45. The Hall–Kier alpha value is -2.02. The maximum atomic E-state index is 12.7. The van der Waals surface area contributed by atoms with Crippen molar-refractivity contribution >= 4 is 40.9 Å². The third-order valence-corrected chi connectivity index (χ3v) is 5.81. The van der Waals surface area contributed by atoms with E-state index in [1.807, 2.05) is 56.3 Å². The van der Waals surface area contributed by atoms with Crippen molar-refractivity contribution < 1.29 is 9.21 Å². The quantitative estimate of drug-likeness (QED) is 0.396. The first kappa shape index (κ1) is 21.7. The number of halogens is 2. The van der Waals surface area contributed by atoms with E-state index in [-0.39, 0.29) is 18.5 Å². The molecule has 0 bridgehead atoms. The third kappa shape index (κ3) is 5.98. The molecule has 0 saturated carbocycles. The highest BCUT2D eigenvalue weighted by molar-refractivity contribution is 7.99. The summed E-state index contributed by atoms with van der Waals surface area (Å²) < 4.78 is 5.75. The number of hydrogen-bond donors (Lipinski definition) is 0. The maximum absolute atomic E-state index is 12.7. The highest BCUT2D eigenvalue weighted by atomic mass is 35.5. The van der Waals surface area contributed by atoms with Crippen LogP contribution in [0.4, 0.5) is 0 Å². The number of aromatic nitrogens is 2. The van der Waals surface area contributed by atoms with Crippen molar-refractivity contribution in [1.29, 1.82) is 0 Å². The van der Waals surface area contributed by atoms with Crippen molar-refractivity contribution in [3.05, 3.63) is 64.5 Å². The fourth-order valence-corrected chi connectivity index (χ4v) is 3.88. The van der Waals surface area contributed by atoms with Gasteiger partial charge in [-0.15, -0.1) is 22.0 Å². The van der Waals surface area contributed by atoms with Gasteiger partial charge in [0.25, 0.3) is 0 Å². The summed E-state index contributed by atoms with van der Waals surface area (Å²) >= 11 is 13.7. The summed E-state index contributed by atoms with van der Waals surface area (Å²) in [4.78, 5) is 15.6. The summed E-state index contributed by atoms with van der Waals surface area (Å²) in [7, 11) is 0. The SMILES string of the molecule is CC(C)N(Cc1nnc(-c2ccccc2Cl)o1)C(=O)CCSc1ccc(Cl)cc1. The van der Waals surface area contributed by atoms with E-state index < -0.39 is 0 Å². The number of benzene rings is 2. The molecule has 0 radical (unpaired) electrons. The predicted molar refractivity (Wildman–Crippen MR) is 117 cm³/mol. The Morgan fingerprint density at radius 2 is 1.83 bits per heavy atom. The van der Waals surface area contributed by atoms with Crippen molar-refractivity contribution in [3.63, 3.8) is 0 Å². The lowest BCUT2D eigenvalue weighted by atomic mass is 10.2. The molecule has 0 aliphatic rings. The summed E-state index contributed by atoms with van der Waals surface area (Å²) in [6, 6.07) is 14.9. The minimum absolute atomic E-state index is 0.0127. The minimum Gasteiger partial charge on any atom is -0.419 e. The summed E-state index contributed by atoms with van der Waals surface area (Å²) in [6.07, 6.45) is 0.414. The number of nitrogens with zero attached hydrogens (tertiary/aromatic N) is 3. The van der Waals surface area contributed by atoms with E-state index in [9.17, 15) is 4.79 Å². The van der Waals surface area contributed by atoms with Gasteiger partial charge in [0, 0.05) is 28.1 Å². The minimum atomic E-state index is 0.0127. The predicted octanol–water partition coefficient (Wildman–Crippen LogP) is 5.96. The first-order valence-electron chi connectivity index (χ1n) is 9.19. The van der Waals surface area contributed by atoms with Crippen molar-refractivity contribution in [1.82, 2.24) is 15.1 Å². The van der Waals surface area contributed by atoms with Gasteiger partial charge in [-0.2, -0.15) is 0 Å². The van der Waals surface area contributed by atoms with Gasteiger partial charge in [-0.1, -0.05) is 35.3 Å². The number of thioether (sulfide) groups is 1. The fourth-order valence-electron chi connectivity index (χ4n) is 2.70. The van der Waals surface area contributed by atoms with Crippen LogP contribution < -0.4 is 0 Å². The van der Waals surface area contributed by atoms with Crippen molar-refractivity contribution in [3.8, 4) is 11.5 Å². The molecule has 1 amide bonds. The Kier molecular flexibility index (Phi) is 7.58. The molecular weight excluding hydrogens is 429 g/mol. The van der Waals surface area contributed by atoms with Gasteiger partial charge >= 0.3 is 0 Å². The monoisotopic (exact) mass is 449 g/mol. The molecule has 2 aromatic carbocycles. The average Bonchev–Trinajstić information content (AvgIpc) is 3.16. The van der Waals surface area contributed by atoms with Crippen LogP contribution in [0.5, 0.6) is 0 Å². The first-order chi connectivity index (χ1) is 13.9. The van der Waals surface area contributed by atoms with E-state index in [1.54, 1.807) is 22.7 Å². The molecule has 0 aliphatic carbocycles. The molecule has 0 fully saturated rings. The number of hydrogen-bond acceptors (Lipinski definition) is 5. The molecule has 0 unspecified atom stereocenters. The molecule has 8 heteroatoms. The number of amides is 1. The fraction of sp³-hybridized carbons (Fsp3) is 0.286. The molecule has 29 heavy (non-hydrogen) atoms. The largest absolute Gasteiger partial charge is 0.419 e. The van der Waals surface area contributed by atoms with Crippen LogP contribution in [0.1, 0.15) is 26.2 Å². The average molecular weight is 450 g/mol. The van der Waals surface area contributed by atoms with Crippen molar-refractivity contribution in [2.75, 3.05) is 5.75 Å². The molecule has 0 aliphatic heterocycles. The van der Waals surface area contributed by atoms with Gasteiger partial charge in [-0.05, 0) is 50.2 Å². The van der Waals surface area contributed by atoms with Gasteiger partial charge in [0.1, 0.15) is 0 Å². The van der Waals surface area contributed by atoms with Gasteiger partial charge in [0.05, 0.1) is 17.1 Å². The summed E-state index contributed by atoms with van der Waals surface area (Å²) in [6.45, 7) is 4.20. The Bertz CT molecular complexity index is 961. The standard InChI is InChI=1S/C21H21Cl2N3O2S/c1-14(2)26(20(27)11-12-29-16-9-7-15(22)8-10-16)13-19-24-25-21(28-19)17-5-3-4-6-18(17)23/h3-10,14H,11-13H2,1-2H3. The lowest BCUT2D eigenvalue weighted by Gasteiger charge is -2.25. The van der Waals surface area contributed by atoms with Crippen LogP contribution in [0.2, 0.25) is 10.0 Å². The highest BCUT2D eigenvalue weighted by Crippen LogP contribution is 2.27. The molecule has 1 aromatic heterocycles. The zero-order valence-corrected chi connectivity index (χ0v) is 18.5. The van der Waals surface area contributed by atoms with Gasteiger partial charge < -0.3 is 9.32 Å². The molecule has 0 N–H and O–H groups in total. The first-order valence-corrected chi connectivity index (χ1v) is 10.9. The Morgan fingerprint density at radius 3 is 2.52 bits per heavy atom. The second-order valence-electron chi connectivity index (χ2n) is 6.65. The summed E-state index contributed by atoms with van der Waals surface area (Å²) in [5, 5.41) is 9.40. The Morgan fingerprint density at radius 1 is 1.10 bits per heavy atom. The Balaban J connectivity index is 1.60. The topological polar surface area (TPSA) is 59.2 Å². The second kappa shape index (κ2) is 10.1. The number of carbonyl (C=O) groups excluding carboxylic acids is 1. The van der Waals surface area contributed by atoms with E-state index in [0.717, 1.165) is 4.90 Å². The van der Waals surface area contributed by atoms with Crippen LogP contribution in [0.3, 0.4) is 0 Å². The molecule has 0 saturated heterocycles. The molecule has 0 spiro atoms. The van der Waals surface area contributed by atoms with Gasteiger partial charge in [0.2, 0.25) is 17.7 Å². The normalized spacial score (nSPS) is 11.1. The van der Waals surface area contributed by atoms with Crippen LogP contribution in [0, 0.1) is 0 Å². The zero-order valence-electron chi connectivity index (χ0n) is 16.1. The molecule has 0 atom stereocenters. The van der Waals surface area contributed by atoms with Gasteiger partial charge in [0.15, 0.2) is 0 Å². The molecule has 3 rings (SSSR count). The summed E-state index contributed by atoms with van der Waals surface area (Å²) in [5.41, 5.74) is 0.676. The molecular formula is C21H21Cl2N3O2S. The van der Waals surface area contributed by atoms with Crippen LogP contribution in [0.15, 0.2) is 57.8 Å². The lowest BCUT2D eigenvalue weighted by Crippen LogP contribution is -2.36. The lowest BCUT2D eigenvalue weighted by molar-refractivity contribution is -0.133. The maximum Gasteiger partial charge on any atom is 0.249 e.